The Labute approximate surface area is 103 Å². The van der Waals surface area contributed by atoms with E-state index in [1.165, 1.54) is 4.31 Å². The standard InChI is InChI=1S/C10H20N4O2S/c1-9(7-11-2)17(15,16)14(4)8-10-12-5-6-13(10)3/h5-6,9,11H,7-8H2,1-4H3. The Kier molecular flexibility index (Phi) is 4.67. The molecule has 0 aliphatic heterocycles. The molecule has 17 heavy (non-hydrogen) atoms. The van der Waals surface area contributed by atoms with Gasteiger partial charge >= 0.3 is 0 Å². The molecule has 0 bridgehead atoms. The van der Waals surface area contributed by atoms with Gasteiger partial charge in [0, 0.05) is 33.0 Å². The average Bonchev–Trinajstić information content (AvgIpc) is 2.64. The van der Waals surface area contributed by atoms with E-state index in [0.717, 1.165) is 5.82 Å². The smallest absolute Gasteiger partial charge is 0.218 e. The molecule has 0 aliphatic rings. The second-order valence-corrected chi connectivity index (χ2v) is 6.58. The van der Waals surface area contributed by atoms with Crippen LogP contribution >= 0.6 is 0 Å². The van der Waals surface area contributed by atoms with Crippen LogP contribution in [0.25, 0.3) is 0 Å². The summed E-state index contributed by atoms with van der Waals surface area (Å²) in [4.78, 5) is 4.12. The van der Waals surface area contributed by atoms with Crippen molar-refractivity contribution in [1.29, 1.82) is 0 Å². The lowest BCUT2D eigenvalue weighted by atomic mass is 10.5. The molecule has 0 saturated heterocycles. The first-order valence-electron chi connectivity index (χ1n) is 5.45. The predicted molar refractivity (Wildman–Crippen MR) is 67.0 cm³/mol. The van der Waals surface area contributed by atoms with Gasteiger partial charge in [0.25, 0.3) is 0 Å². The summed E-state index contributed by atoms with van der Waals surface area (Å²) in [5, 5.41) is 2.43. The van der Waals surface area contributed by atoms with Crippen molar-refractivity contribution < 1.29 is 8.42 Å². The zero-order valence-electron chi connectivity index (χ0n) is 10.7. The number of imidazole rings is 1. The van der Waals surface area contributed by atoms with Crippen molar-refractivity contribution in [1.82, 2.24) is 19.2 Å². The molecule has 1 N–H and O–H groups in total. The van der Waals surface area contributed by atoms with Crippen LogP contribution in [0.4, 0.5) is 0 Å². The van der Waals surface area contributed by atoms with Gasteiger partial charge in [0.15, 0.2) is 0 Å². The fourth-order valence-electron chi connectivity index (χ4n) is 1.54. The summed E-state index contributed by atoms with van der Waals surface area (Å²) in [5.74, 6) is 0.729. The van der Waals surface area contributed by atoms with Gasteiger partial charge in [-0.25, -0.2) is 13.4 Å². The monoisotopic (exact) mass is 260 g/mol. The van der Waals surface area contributed by atoms with Gasteiger partial charge in [-0.1, -0.05) is 0 Å². The van der Waals surface area contributed by atoms with Crippen LogP contribution in [0.5, 0.6) is 0 Å². The molecule has 1 aromatic heterocycles. The Balaban J connectivity index is 2.76. The van der Waals surface area contributed by atoms with Crippen molar-refractivity contribution in [2.24, 2.45) is 7.05 Å². The van der Waals surface area contributed by atoms with E-state index in [1.54, 1.807) is 33.4 Å². The molecule has 6 nitrogen and oxygen atoms in total. The number of sulfonamides is 1. The highest BCUT2D eigenvalue weighted by molar-refractivity contribution is 7.89. The first-order valence-corrected chi connectivity index (χ1v) is 6.96. The number of aromatic nitrogens is 2. The van der Waals surface area contributed by atoms with Crippen LogP contribution in [0.3, 0.4) is 0 Å². The highest BCUT2D eigenvalue weighted by Crippen LogP contribution is 2.10. The summed E-state index contributed by atoms with van der Waals surface area (Å²) in [5.41, 5.74) is 0. The third kappa shape index (κ3) is 3.27. The highest BCUT2D eigenvalue weighted by Gasteiger charge is 2.26. The Hall–Kier alpha value is -0.920. The second-order valence-electron chi connectivity index (χ2n) is 4.12. The van der Waals surface area contributed by atoms with Gasteiger partial charge in [0.2, 0.25) is 10.0 Å². The van der Waals surface area contributed by atoms with Gasteiger partial charge in [0.05, 0.1) is 11.8 Å². The Bertz CT molecular complexity index is 455. The van der Waals surface area contributed by atoms with Crippen molar-refractivity contribution in [3.8, 4) is 0 Å². The predicted octanol–water partition coefficient (Wildman–Crippen LogP) is -0.210. The molecule has 1 aromatic rings. The number of nitrogens with one attached hydrogen (secondary N) is 1. The van der Waals surface area contributed by atoms with Crippen molar-refractivity contribution in [2.45, 2.75) is 18.7 Å². The first kappa shape index (κ1) is 14.1. The zero-order chi connectivity index (χ0) is 13.1. The second kappa shape index (κ2) is 5.61. The molecule has 0 amide bonds. The Morgan fingerprint density at radius 1 is 1.59 bits per heavy atom. The number of aryl methyl sites for hydroxylation is 1. The molecule has 0 spiro atoms. The van der Waals surface area contributed by atoms with E-state index in [4.69, 9.17) is 0 Å². The van der Waals surface area contributed by atoms with E-state index >= 15 is 0 Å². The van der Waals surface area contributed by atoms with E-state index in [0.29, 0.717) is 13.1 Å². The van der Waals surface area contributed by atoms with Gasteiger partial charge in [0.1, 0.15) is 5.82 Å². The molecule has 0 fully saturated rings. The van der Waals surface area contributed by atoms with Gasteiger partial charge in [-0.3, -0.25) is 0 Å². The Morgan fingerprint density at radius 3 is 2.71 bits per heavy atom. The summed E-state index contributed by atoms with van der Waals surface area (Å²) in [6.45, 7) is 2.42. The van der Waals surface area contributed by atoms with Crippen LogP contribution < -0.4 is 5.32 Å². The maximum atomic E-state index is 12.1. The third-order valence-corrected chi connectivity index (χ3v) is 4.90. The van der Waals surface area contributed by atoms with E-state index in [1.807, 2.05) is 11.6 Å². The number of hydrogen-bond donors (Lipinski definition) is 1. The minimum atomic E-state index is -3.28. The van der Waals surface area contributed by atoms with Crippen molar-refractivity contribution >= 4 is 10.0 Å². The maximum Gasteiger partial charge on any atom is 0.218 e. The topological polar surface area (TPSA) is 67.2 Å². The zero-order valence-corrected chi connectivity index (χ0v) is 11.5. The summed E-state index contributed by atoms with van der Waals surface area (Å²) >= 11 is 0. The van der Waals surface area contributed by atoms with Gasteiger partial charge in [-0.05, 0) is 14.0 Å². The first-order chi connectivity index (χ1) is 7.89. The van der Waals surface area contributed by atoms with Gasteiger partial charge in [-0.15, -0.1) is 0 Å². The summed E-state index contributed by atoms with van der Waals surface area (Å²) < 4.78 is 27.4. The van der Waals surface area contributed by atoms with Crippen LogP contribution in [0.15, 0.2) is 12.4 Å². The molecule has 0 aliphatic carbocycles. The summed E-state index contributed by atoms with van der Waals surface area (Å²) in [6.07, 6.45) is 3.46. The van der Waals surface area contributed by atoms with Crippen LogP contribution in [-0.2, 0) is 23.6 Å². The van der Waals surface area contributed by atoms with Gasteiger partial charge < -0.3 is 9.88 Å². The molecule has 1 unspecified atom stereocenters. The normalized spacial score (nSPS) is 14.2. The molecule has 1 rings (SSSR count). The van der Waals surface area contributed by atoms with E-state index < -0.39 is 15.3 Å². The molecular formula is C10H20N4O2S. The fraction of sp³-hybridized carbons (Fsp3) is 0.700. The third-order valence-electron chi connectivity index (χ3n) is 2.72. The molecule has 0 aromatic carbocycles. The summed E-state index contributed by atoms with van der Waals surface area (Å²) in [6, 6.07) is 0. The van der Waals surface area contributed by atoms with E-state index in [-0.39, 0.29) is 0 Å². The quantitative estimate of drug-likeness (QED) is 0.768. The largest absolute Gasteiger partial charge is 0.337 e. The van der Waals surface area contributed by atoms with Crippen LogP contribution in [0.2, 0.25) is 0 Å². The molecule has 0 saturated carbocycles. The fourth-order valence-corrected chi connectivity index (χ4v) is 2.82. The highest BCUT2D eigenvalue weighted by atomic mass is 32.2. The number of hydrogen-bond acceptors (Lipinski definition) is 4. The van der Waals surface area contributed by atoms with Crippen LogP contribution in [0.1, 0.15) is 12.7 Å². The minimum Gasteiger partial charge on any atom is -0.337 e. The van der Waals surface area contributed by atoms with Crippen molar-refractivity contribution in [2.75, 3.05) is 20.6 Å². The molecule has 0 radical (unpaired) electrons. The molecule has 1 heterocycles. The molecule has 98 valence electrons. The molecular weight excluding hydrogens is 240 g/mol. The molecule has 7 heteroatoms. The van der Waals surface area contributed by atoms with Crippen LogP contribution in [-0.4, -0.2) is 48.2 Å². The van der Waals surface area contributed by atoms with Crippen molar-refractivity contribution in [3.05, 3.63) is 18.2 Å². The lowest BCUT2D eigenvalue weighted by molar-refractivity contribution is 0.441. The van der Waals surface area contributed by atoms with Gasteiger partial charge in [-0.2, -0.15) is 4.31 Å². The van der Waals surface area contributed by atoms with Crippen molar-refractivity contribution in [3.63, 3.8) is 0 Å². The number of rotatable bonds is 6. The summed E-state index contributed by atoms with van der Waals surface area (Å²) in [7, 11) is 1.89. The van der Waals surface area contributed by atoms with E-state index in [2.05, 4.69) is 10.3 Å². The van der Waals surface area contributed by atoms with E-state index in [9.17, 15) is 8.42 Å². The van der Waals surface area contributed by atoms with Crippen LogP contribution in [0, 0.1) is 0 Å². The minimum absolute atomic E-state index is 0.292. The lowest BCUT2D eigenvalue weighted by Crippen LogP contribution is -2.39. The lowest BCUT2D eigenvalue weighted by Gasteiger charge is -2.21. The number of nitrogens with zero attached hydrogens (tertiary/aromatic N) is 3. The molecule has 1 atom stereocenters. The maximum absolute atomic E-state index is 12.1. The SMILES string of the molecule is CNCC(C)S(=O)(=O)N(C)Cc1nccn1C. The average molecular weight is 260 g/mol. The Morgan fingerprint density at radius 2 is 2.24 bits per heavy atom.